The molecule has 2 aromatic carbocycles. The summed E-state index contributed by atoms with van der Waals surface area (Å²) in [5.41, 5.74) is 2.95. The fraction of sp³-hybridized carbons (Fsp3) is 0.211. The Balaban J connectivity index is 1.96. The van der Waals surface area contributed by atoms with Crippen molar-refractivity contribution in [2.45, 2.75) is 0 Å². The summed E-state index contributed by atoms with van der Waals surface area (Å²) in [4.78, 5) is 24.1. The summed E-state index contributed by atoms with van der Waals surface area (Å²) < 4.78 is 15.6. The Morgan fingerprint density at radius 3 is 2.29 bits per heavy atom. The first-order valence-corrected chi connectivity index (χ1v) is 8.18. The number of phenols is 1. The molecule has 0 radical (unpaired) electrons. The van der Waals surface area contributed by atoms with E-state index in [4.69, 9.17) is 14.2 Å². The number of carbonyl (C=O) groups is 2. The molecule has 0 unspecified atom stereocenters. The molecule has 0 aliphatic heterocycles. The van der Waals surface area contributed by atoms with E-state index < -0.39 is 11.8 Å². The molecule has 28 heavy (non-hydrogen) atoms. The minimum absolute atomic E-state index is 0.0382. The Hall–Kier alpha value is -3.75. The molecule has 0 saturated heterocycles. The molecule has 0 aliphatic carbocycles. The average Bonchev–Trinajstić information content (AvgIpc) is 2.72. The summed E-state index contributed by atoms with van der Waals surface area (Å²) >= 11 is 0. The number of hydrazone groups is 1. The van der Waals surface area contributed by atoms with Crippen molar-refractivity contribution >= 4 is 18.0 Å². The highest BCUT2D eigenvalue weighted by Gasteiger charge is 2.17. The SMILES string of the molecule is COc1cc(C(=O)NCC(=O)N/N=C/c2ccccc2O)cc(OC)c1OC. The van der Waals surface area contributed by atoms with E-state index in [0.29, 0.717) is 22.8 Å². The maximum absolute atomic E-state index is 12.3. The van der Waals surface area contributed by atoms with Gasteiger partial charge in [-0.3, -0.25) is 9.59 Å². The van der Waals surface area contributed by atoms with Crippen LogP contribution in [0, 0.1) is 0 Å². The van der Waals surface area contributed by atoms with Crippen LogP contribution in [0.1, 0.15) is 15.9 Å². The predicted octanol–water partition coefficient (Wildman–Crippen LogP) is 1.30. The lowest BCUT2D eigenvalue weighted by Crippen LogP contribution is -2.34. The molecular formula is C19H21N3O6. The fourth-order valence-corrected chi connectivity index (χ4v) is 2.28. The van der Waals surface area contributed by atoms with Crippen molar-refractivity contribution in [3.63, 3.8) is 0 Å². The van der Waals surface area contributed by atoms with Crippen LogP contribution in [-0.4, -0.2) is 51.0 Å². The van der Waals surface area contributed by atoms with Crippen LogP contribution in [0.4, 0.5) is 0 Å². The van der Waals surface area contributed by atoms with Crippen LogP contribution in [0.3, 0.4) is 0 Å². The standard InChI is InChI=1S/C19H21N3O6/c1-26-15-8-13(9-16(27-2)18(15)28-3)19(25)20-11-17(24)22-21-10-12-6-4-5-7-14(12)23/h4-10,23H,11H2,1-3H3,(H,20,25)(H,22,24)/b21-10+. The molecule has 0 aliphatic rings. The Morgan fingerprint density at radius 2 is 1.71 bits per heavy atom. The molecule has 0 heterocycles. The first kappa shape index (κ1) is 20.6. The Labute approximate surface area is 161 Å². The van der Waals surface area contributed by atoms with E-state index in [1.165, 1.54) is 45.7 Å². The molecule has 2 aromatic rings. The summed E-state index contributed by atoms with van der Waals surface area (Å²) in [6, 6.07) is 9.48. The molecular weight excluding hydrogens is 366 g/mol. The number of ether oxygens (including phenoxy) is 3. The van der Waals surface area contributed by atoms with Gasteiger partial charge in [-0.2, -0.15) is 5.10 Å². The lowest BCUT2D eigenvalue weighted by Gasteiger charge is -2.14. The quantitative estimate of drug-likeness (QED) is 0.464. The maximum atomic E-state index is 12.3. The van der Waals surface area contributed by atoms with E-state index in [1.807, 2.05) is 0 Å². The minimum atomic E-state index is -0.535. The van der Waals surface area contributed by atoms with Crippen LogP contribution >= 0.6 is 0 Å². The van der Waals surface area contributed by atoms with Crippen molar-refractivity contribution < 1.29 is 28.9 Å². The highest BCUT2D eigenvalue weighted by Crippen LogP contribution is 2.38. The third-order valence-corrected chi connectivity index (χ3v) is 3.67. The van der Waals surface area contributed by atoms with E-state index >= 15 is 0 Å². The number of hydrogen-bond donors (Lipinski definition) is 3. The van der Waals surface area contributed by atoms with Crippen molar-refractivity contribution in [2.75, 3.05) is 27.9 Å². The molecule has 0 bridgehead atoms. The van der Waals surface area contributed by atoms with Gasteiger partial charge in [0, 0.05) is 11.1 Å². The van der Waals surface area contributed by atoms with Gasteiger partial charge in [0.1, 0.15) is 5.75 Å². The largest absolute Gasteiger partial charge is 0.507 e. The van der Waals surface area contributed by atoms with Gasteiger partial charge < -0.3 is 24.6 Å². The Kier molecular flexibility index (Phi) is 7.21. The van der Waals surface area contributed by atoms with E-state index in [0.717, 1.165) is 0 Å². The number of aromatic hydroxyl groups is 1. The van der Waals surface area contributed by atoms with Crippen LogP contribution < -0.4 is 25.0 Å². The molecule has 3 N–H and O–H groups in total. The molecule has 2 rings (SSSR count). The number of hydrogen-bond acceptors (Lipinski definition) is 7. The highest BCUT2D eigenvalue weighted by molar-refractivity contribution is 5.97. The molecule has 0 spiro atoms. The van der Waals surface area contributed by atoms with Crippen molar-refractivity contribution in [1.82, 2.24) is 10.7 Å². The van der Waals surface area contributed by atoms with E-state index in [9.17, 15) is 14.7 Å². The molecule has 9 heteroatoms. The van der Waals surface area contributed by atoms with Crippen molar-refractivity contribution in [2.24, 2.45) is 5.10 Å². The number of carbonyl (C=O) groups excluding carboxylic acids is 2. The van der Waals surface area contributed by atoms with Crippen molar-refractivity contribution in [3.8, 4) is 23.0 Å². The monoisotopic (exact) mass is 387 g/mol. The van der Waals surface area contributed by atoms with Crippen molar-refractivity contribution in [1.29, 1.82) is 0 Å². The molecule has 2 amide bonds. The van der Waals surface area contributed by atoms with E-state index in [1.54, 1.807) is 18.2 Å². The Morgan fingerprint density at radius 1 is 1.07 bits per heavy atom. The number of nitrogens with zero attached hydrogens (tertiary/aromatic N) is 1. The minimum Gasteiger partial charge on any atom is -0.507 e. The third-order valence-electron chi connectivity index (χ3n) is 3.67. The zero-order valence-corrected chi connectivity index (χ0v) is 15.7. The zero-order chi connectivity index (χ0) is 20.5. The number of phenolic OH excluding ortho intramolecular Hbond substituents is 1. The van der Waals surface area contributed by atoms with Gasteiger partial charge in [-0.05, 0) is 24.3 Å². The van der Waals surface area contributed by atoms with E-state index in [-0.39, 0.29) is 17.9 Å². The second kappa shape index (κ2) is 9.81. The van der Waals surface area contributed by atoms with Gasteiger partial charge >= 0.3 is 0 Å². The number of nitrogens with one attached hydrogen (secondary N) is 2. The van der Waals surface area contributed by atoms with Crippen LogP contribution in [0.2, 0.25) is 0 Å². The predicted molar refractivity (Wildman–Crippen MR) is 102 cm³/mol. The molecule has 148 valence electrons. The van der Waals surface area contributed by atoms with Gasteiger partial charge in [0.15, 0.2) is 11.5 Å². The van der Waals surface area contributed by atoms with Crippen LogP contribution in [0.25, 0.3) is 0 Å². The van der Waals surface area contributed by atoms with Gasteiger partial charge in [-0.1, -0.05) is 12.1 Å². The molecule has 0 aromatic heterocycles. The van der Waals surface area contributed by atoms with Crippen LogP contribution in [0.5, 0.6) is 23.0 Å². The van der Waals surface area contributed by atoms with Crippen molar-refractivity contribution in [3.05, 3.63) is 47.5 Å². The van der Waals surface area contributed by atoms with Crippen LogP contribution in [0.15, 0.2) is 41.5 Å². The third kappa shape index (κ3) is 5.13. The second-order valence-electron chi connectivity index (χ2n) is 5.45. The second-order valence-corrected chi connectivity index (χ2v) is 5.45. The first-order valence-electron chi connectivity index (χ1n) is 8.18. The van der Waals surface area contributed by atoms with Gasteiger partial charge in [-0.25, -0.2) is 5.43 Å². The molecule has 0 atom stereocenters. The number of benzene rings is 2. The average molecular weight is 387 g/mol. The molecule has 9 nitrogen and oxygen atoms in total. The van der Waals surface area contributed by atoms with Gasteiger partial charge in [0.2, 0.25) is 5.75 Å². The smallest absolute Gasteiger partial charge is 0.259 e. The van der Waals surface area contributed by atoms with Gasteiger partial charge in [-0.15, -0.1) is 0 Å². The summed E-state index contributed by atoms with van der Waals surface area (Å²) in [5.74, 6) is 0.00740. The normalized spacial score (nSPS) is 10.4. The van der Waals surface area contributed by atoms with E-state index in [2.05, 4.69) is 15.8 Å². The topological polar surface area (TPSA) is 118 Å². The highest BCUT2D eigenvalue weighted by atomic mass is 16.5. The summed E-state index contributed by atoms with van der Waals surface area (Å²) in [5, 5.41) is 15.8. The fourth-order valence-electron chi connectivity index (χ4n) is 2.28. The zero-order valence-electron chi connectivity index (χ0n) is 15.7. The maximum Gasteiger partial charge on any atom is 0.259 e. The number of methoxy groups -OCH3 is 3. The number of rotatable bonds is 8. The summed E-state index contributed by atoms with van der Waals surface area (Å²) in [6.07, 6.45) is 1.30. The molecule has 0 saturated carbocycles. The summed E-state index contributed by atoms with van der Waals surface area (Å²) in [7, 11) is 4.34. The van der Waals surface area contributed by atoms with Gasteiger partial charge in [0.05, 0.1) is 34.1 Å². The van der Waals surface area contributed by atoms with Gasteiger partial charge in [0.25, 0.3) is 11.8 Å². The molecule has 0 fully saturated rings. The number of para-hydroxylation sites is 1. The van der Waals surface area contributed by atoms with Crippen LogP contribution in [-0.2, 0) is 4.79 Å². The Bertz CT molecular complexity index is 857. The number of amides is 2. The lowest BCUT2D eigenvalue weighted by molar-refractivity contribution is -0.120. The lowest BCUT2D eigenvalue weighted by atomic mass is 10.1. The first-order chi connectivity index (χ1) is 13.5. The summed E-state index contributed by atoms with van der Waals surface area (Å²) in [6.45, 7) is -0.298.